The Hall–Kier alpha value is -4.13. The van der Waals surface area contributed by atoms with Crippen LogP contribution in [0.15, 0.2) is 78.9 Å². The number of aryl methyl sites for hydroxylation is 2. The first-order valence-electron chi connectivity index (χ1n) is 13.8. The Balaban J connectivity index is 2.02. The Bertz CT molecular complexity index is 1270. The van der Waals surface area contributed by atoms with E-state index in [4.69, 9.17) is 4.74 Å². The van der Waals surface area contributed by atoms with Crippen molar-refractivity contribution in [2.45, 2.75) is 72.1 Å². The van der Waals surface area contributed by atoms with Gasteiger partial charge in [-0.2, -0.15) is 0 Å². The minimum absolute atomic E-state index is 0.249. The van der Waals surface area contributed by atoms with Gasteiger partial charge in [0.1, 0.15) is 17.7 Å². The first-order chi connectivity index (χ1) is 19.0. The topological polar surface area (TPSA) is 87.7 Å². The number of carbonyl (C=O) groups is 3. The van der Waals surface area contributed by atoms with Gasteiger partial charge in [0, 0.05) is 18.7 Å². The van der Waals surface area contributed by atoms with Gasteiger partial charge < -0.3 is 20.3 Å². The Labute approximate surface area is 237 Å². The van der Waals surface area contributed by atoms with Crippen LogP contribution in [0.2, 0.25) is 0 Å². The van der Waals surface area contributed by atoms with Gasteiger partial charge in [0.25, 0.3) is 5.91 Å². The first-order valence-corrected chi connectivity index (χ1v) is 13.8. The molecule has 3 amide bonds. The Morgan fingerprint density at radius 2 is 1.43 bits per heavy atom. The number of nitrogens with zero attached hydrogens (tertiary/aromatic N) is 1. The summed E-state index contributed by atoms with van der Waals surface area (Å²) in [5.74, 6) is -0.678. The molecule has 2 atom stereocenters. The molecule has 7 nitrogen and oxygen atoms in total. The van der Waals surface area contributed by atoms with Gasteiger partial charge in [0.2, 0.25) is 5.91 Å². The summed E-state index contributed by atoms with van der Waals surface area (Å²) in [5, 5.41) is 5.88. The monoisotopic (exact) mass is 543 g/mol. The second kappa shape index (κ2) is 13.8. The number of benzene rings is 3. The molecule has 40 heavy (non-hydrogen) atoms. The quantitative estimate of drug-likeness (QED) is 0.312. The summed E-state index contributed by atoms with van der Waals surface area (Å²) < 4.78 is 5.49. The summed E-state index contributed by atoms with van der Waals surface area (Å²) in [6, 6.07) is 22.7. The van der Waals surface area contributed by atoms with Gasteiger partial charge in [-0.25, -0.2) is 4.79 Å². The molecule has 0 fully saturated rings. The van der Waals surface area contributed by atoms with Crippen molar-refractivity contribution in [2.24, 2.45) is 0 Å². The number of alkyl carbamates (subject to hydrolysis) is 1. The molecule has 2 unspecified atom stereocenters. The molecule has 0 spiro atoms. The molecule has 3 aromatic rings. The van der Waals surface area contributed by atoms with E-state index in [0.29, 0.717) is 18.5 Å². The number of rotatable bonds is 10. The second-order valence-corrected chi connectivity index (χ2v) is 11.0. The van der Waals surface area contributed by atoms with Crippen LogP contribution in [0.4, 0.5) is 10.5 Å². The van der Waals surface area contributed by atoms with Gasteiger partial charge in [-0.3, -0.25) is 9.59 Å². The number of para-hydroxylation sites is 1. The second-order valence-electron chi connectivity index (χ2n) is 11.0. The molecule has 0 aliphatic carbocycles. The van der Waals surface area contributed by atoms with Gasteiger partial charge in [-0.05, 0) is 63.3 Å². The molecule has 0 saturated carbocycles. The van der Waals surface area contributed by atoms with Crippen LogP contribution < -0.4 is 10.6 Å². The van der Waals surface area contributed by atoms with Crippen molar-refractivity contribution in [3.8, 4) is 0 Å². The zero-order valence-corrected chi connectivity index (χ0v) is 24.4. The Morgan fingerprint density at radius 3 is 1.98 bits per heavy atom. The molecule has 7 heteroatoms. The third-order valence-corrected chi connectivity index (χ3v) is 6.42. The van der Waals surface area contributed by atoms with Gasteiger partial charge in [-0.1, -0.05) is 85.8 Å². The number of carbonyl (C=O) groups excluding carboxylic acids is 3. The zero-order chi connectivity index (χ0) is 29.3. The lowest BCUT2D eigenvalue weighted by molar-refractivity contribution is -0.140. The van der Waals surface area contributed by atoms with Crippen LogP contribution in [0, 0.1) is 13.8 Å². The summed E-state index contributed by atoms with van der Waals surface area (Å²) in [6.07, 6.45) is 0.185. The first kappa shape index (κ1) is 30.4. The van der Waals surface area contributed by atoms with Crippen molar-refractivity contribution in [2.75, 3.05) is 11.9 Å². The Kier molecular flexibility index (Phi) is 10.5. The lowest BCUT2D eigenvalue weighted by Crippen LogP contribution is -2.53. The smallest absolute Gasteiger partial charge is 0.408 e. The van der Waals surface area contributed by atoms with E-state index in [1.807, 2.05) is 99.6 Å². The molecule has 3 aromatic carbocycles. The largest absolute Gasteiger partial charge is 0.444 e. The molecular formula is C33H41N3O4. The van der Waals surface area contributed by atoms with Gasteiger partial charge in [0.15, 0.2) is 0 Å². The van der Waals surface area contributed by atoms with Crippen molar-refractivity contribution in [1.29, 1.82) is 0 Å². The molecule has 2 N–H and O–H groups in total. The normalized spacial score (nSPS) is 12.7. The van der Waals surface area contributed by atoms with E-state index in [1.165, 1.54) is 0 Å². The maximum atomic E-state index is 14.3. The fourth-order valence-electron chi connectivity index (χ4n) is 4.62. The molecule has 212 valence electrons. The molecule has 0 radical (unpaired) electrons. The van der Waals surface area contributed by atoms with Gasteiger partial charge in [-0.15, -0.1) is 0 Å². The highest BCUT2D eigenvalue weighted by Crippen LogP contribution is 2.27. The van der Waals surface area contributed by atoms with E-state index in [1.54, 1.807) is 25.7 Å². The van der Waals surface area contributed by atoms with E-state index in [9.17, 15) is 14.4 Å². The number of nitrogens with one attached hydrogen (secondary N) is 2. The summed E-state index contributed by atoms with van der Waals surface area (Å²) in [5.41, 5.74) is 3.42. The van der Waals surface area contributed by atoms with Crippen LogP contribution in [-0.4, -0.2) is 41.0 Å². The van der Waals surface area contributed by atoms with Gasteiger partial charge in [0.05, 0.1) is 0 Å². The molecule has 0 aliphatic heterocycles. The van der Waals surface area contributed by atoms with Crippen molar-refractivity contribution >= 4 is 23.6 Å². The third-order valence-electron chi connectivity index (χ3n) is 6.42. The molecule has 0 bridgehead atoms. The van der Waals surface area contributed by atoms with Crippen LogP contribution in [0.1, 0.15) is 62.4 Å². The van der Waals surface area contributed by atoms with E-state index in [0.717, 1.165) is 22.4 Å². The summed E-state index contributed by atoms with van der Waals surface area (Å²) in [6.45, 7) is 11.5. The molecule has 0 saturated heterocycles. The van der Waals surface area contributed by atoms with Crippen LogP contribution in [0.25, 0.3) is 0 Å². The lowest BCUT2D eigenvalue weighted by atomic mass is 9.99. The number of hydrogen-bond acceptors (Lipinski definition) is 4. The van der Waals surface area contributed by atoms with Crippen LogP contribution >= 0.6 is 0 Å². The van der Waals surface area contributed by atoms with Crippen molar-refractivity contribution < 1.29 is 19.1 Å². The predicted molar refractivity (Wildman–Crippen MR) is 159 cm³/mol. The average Bonchev–Trinajstić information content (AvgIpc) is 2.90. The molecular weight excluding hydrogens is 502 g/mol. The molecule has 3 rings (SSSR count). The van der Waals surface area contributed by atoms with E-state index in [-0.39, 0.29) is 18.2 Å². The number of anilines is 1. The van der Waals surface area contributed by atoms with Crippen molar-refractivity contribution in [3.63, 3.8) is 0 Å². The number of ether oxygens (including phenoxy) is 1. The molecule has 0 aromatic heterocycles. The maximum absolute atomic E-state index is 14.3. The van der Waals surface area contributed by atoms with E-state index in [2.05, 4.69) is 10.6 Å². The fourth-order valence-corrected chi connectivity index (χ4v) is 4.62. The van der Waals surface area contributed by atoms with Crippen LogP contribution in [0.3, 0.4) is 0 Å². The van der Waals surface area contributed by atoms with Crippen molar-refractivity contribution in [1.82, 2.24) is 10.2 Å². The molecule has 0 heterocycles. The average molecular weight is 544 g/mol. The summed E-state index contributed by atoms with van der Waals surface area (Å²) in [7, 11) is 0. The highest BCUT2D eigenvalue weighted by molar-refractivity contribution is 6.00. The zero-order valence-electron chi connectivity index (χ0n) is 24.4. The summed E-state index contributed by atoms with van der Waals surface area (Å²) in [4.78, 5) is 42.8. The number of hydrogen-bond donors (Lipinski definition) is 2. The van der Waals surface area contributed by atoms with Crippen LogP contribution in [-0.2, 0) is 20.7 Å². The minimum Gasteiger partial charge on any atom is -0.444 e. The van der Waals surface area contributed by atoms with Gasteiger partial charge >= 0.3 is 6.09 Å². The lowest BCUT2D eigenvalue weighted by Gasteiger charge is -2.34. The van der Waals surface area contributed by atoms with E-state index < -0.39 is 23.8 Å². The minimum atomic E-state index is -0.942. The van der Waals surface area contributed by atoms with E-state index >= 15 is 0 Å². The predicted octanol–water partition coefficient (Wildman–Crippen LogP) is 6.36. The molecule has 0 aliphatic rings. The maximum Gasteiger partial charge on any atom is 0.408 e. The van der Waals surface area contributed by atoms with Crippen LogP contribution in [0.5, 0.6) is 0 Å². The highest BCUT2D eigenvalue weighted by Gasteiger charge is 2.36. The third kappa shape index (κ3) is 8.43. The Morgan fingerprint density at radius 1 is 0.850 bits per heavy atom. The SMILES string of the molecule is CCCN(C(=O)C(Cc1ccccc1)NC(=O)OC(C)(C)C)C(C(=O)Nc1c(C)cccc1C)c1ccccc1. The fraction of sp³-hybridized carbons (Fsp3) is 0.364. The highest BCUT2D eigenvalue weighted by atomic mass is 16.6. The standard InChI is InChI=1S/C33H41N3O4/c1-7-21-36(31(38)27(22-25-17-10-8-11-18-25)34-32(39)40-33(4,5)6)29(26-19-12-9-13-20-26)30(37)35-28-23(2)15-14-16-24(28)3/h8-20,27,29H,7,21-22H2,1-6H3,(H,34,39)(H,35,37). The van der Waals surface area contributed by atoms with Crippen molar-refractivity contribution in [3.05, 3.63) is 101 Å². The number of amides is 3. The summed E-state index contributed by atoms with van der Waals surface area (Å²) >= 11 is 0.